The van der Waals surface area contributed by atoms with E-state index in [0.29, 0.717) is 28.7 Å². The number of para-hydroxylation sites is 3. The predicted molar refractivity (Wildman–Crippen MR) is 267 cm³/mol. The summed E-state index contributed by atoms with van der Waals surface area (Å²) < 4.78 is 68.7. The standard InChI is InChI=1S/C57H34N4S2/c1-2-15-35(16-3-1)36-31-32-51-46(34-36)42-24-13-23-39(54(42)63-51)37-17-12-18-38(33-37)55-58-56(60-57(59-55)45-25-14-30-52-53(45)44-22-7-11-29-50(44)62-52)43-21-6-10-28-49(43)61-47-26-8-4-19-40(47)41-20-5-9-27-48(41)61/h1-34H/i4D,5D,8D,19D,20D,26D,27D. The fourth-order valence-electron chi connectivity index (χ4n) is 8.93. The smallest absolute Gasteiger partial charge is 0.166 e. The van der Waals surface area contributed by atoms with Gasteiger partial charge in [-0.05, 0) is 76.8 Å². The Morgan fingerprint density at radius 3 is 1.97 bits per heavy atom. The van der Waals surface area contributed by atoms with Gasteiger partial charge in [0.25, 0.3) is 0 Å². The summed E-state index contributed by atoms with van der Waals surface area (Å²) in [5, 5.41) is 4.66. The first-order valence-corrected chi connectivity index (χ1v) is 22.2. The zero-order chi connectivity index (χ0) is 47.5. The Labute approximate surface area is 380 Å². The van der Waals surface area contributed by atoms with E-state index in [1.54, 1.807) is 33.3 Å². The largest absolute Gasteiger partial charge is 0.309 e. The number of hydrogen-bond acceptors (Lipinski definition) is 5. The molecule has 0 N–H and O–H groups in total. The van der Waals surface area contributed by atoms with Gasteiger partial charge in [-0.15, -0.1) is 22.7 Å². The molecule has 0 aliphatic rings. The fourth-order valence-corrected chi connectivity index (χ4v) is 11.3. The summed E-state index contributed by atoms with van der Waals surface area (Å²) >= 11 is 3.48. The molecule has 6 heteroatoms. The van der Waals surface area contributed by atoms with Crippen molar-refractivity contribution in [3.63, 3.8) is 0 Å². The Kier molecular flexibility index (Phi) is 6.75. The van der Waals surface area contributed by atoms with E-state index >= 15 is 0 Å². The molecule has 0 amide bonds. The van der Waals surface area contributed by atoms with E-state index in [4.69, 9.17) is 21.8 Å². The molecule has 9 aromatic carbocycles. The van der Waals surface area contributed by atoms with E-state index in [0.717, 1.165) is 42.4 Å². The zero-order valence-corrected chi connectivity index (χ0v) is 34.8. The first kappa shape index (κ1) is 29.5. The third-order valence-electron chi connectivity index (χ3n) is 11.8. The quantitative estimate of drug-likeness (QED) is 0.167. The third-order valence-corrected chi connectivity index (χ3v) is 14.1. The normalized spacial score (nSPS) is 13.4. The van der Waals surface area contributed by atoms with Crippen molar-refractivity contribution in [2.24, 2.45) is 0 Å². The van der Waals surface area contributed by atoms with Crippen LogP contribution in [0.3, 0.4) is 0 Å². The molecule has 0 aliphatic carbocycles. The fraction of sp³-hybridized carbons (Fsp3) is 0. The molecule has 4 aromatic heterocycles. The second-order valence-electron chi connectivity index (χ2n) is 15.4. The van der Waals surface area contributed by atoms with Gasteiger partial charge in [-0.1, -0.05) is 152 Å². The summed E-state index contributed by atoms with van der Waals surface area (Å²) in [5.74, 6) is 1.15. The first-order chi connectivity index (χ1) is 34.1. The van der Waals surface area contributed by atoms with Gasteiger partial charge >= 0.3 is 0 Å². The molecule has 0 saturated heterocycles. The van der Waals surface area contributed by atoms with Crippen molar-refractivity contribution in [1.82, 2.24) is 19.5 Å². The van der Waals surface area contributed by atoms with Gasteiger partial charge in [0.15, 0.2) is 17.5 Å². The highest BCUT2D eigenvalue weighted by Gasteiger charge is 2.21. The van der Waals surface area contributed by atoms with Crippen molar-refractivity contribution in [2.45, 2.75) is 0 Å². The summed E-state index contributed by atoms with van der Waals surface area (Å²) in [5.41, 5.74) is 7.20. The number of benzene rings is 9. The summed E-state index contributed by atoms with van der Waals surface area (Å²) in [6.07, 6.45) is 0. The molecule has 0 radical (unpaired) electrons. The number of nitrogens with zero attached hydrogens (tertiary/aromatic N) is 4. The van der Waals surface area contributed by atoms with Crippen LogP contribution in [-0.4, -0.2) is 19.5 Å². The van der Waals surface area contributed by atoms with E-state index in [-0.39, 0.29) is 52.0 Å². The van der Waals surface area contributed by atoms with E-state index in [1.807, 2.05) is 60.7 Å². The molecule has 294 valence electrons. The minimum Gasteiger partial charge on any atom is -0.309 e. The van der Waals surface area contributed by atoms with Crippen LogP contribution in [0.4, 0.5) is 0 Å². The van der Waals surface area contributed by atoms with Crippen molar-refractivity contribution in [3.8, 4) is 62.1 Å². The number of thiophene rings is 2. The molecule has 0 atom stereocenters. The van der Waals surface area contributed by atoms with Gasteiger partial charge in [0, 0.05) is 67.8 Å². The Morgan fingerprint density at radius 1 is 0.381 bits per heavy atom. The molecule has 0 saturated carbocycles. The van der Waals surface area contributed by atoms with Crippen LogP contribution in [0.25, 0.3) is 124 Å². The Morgan fingerprint density at radius 2 is 1.03 bits per heavy atom. The lowest BCUT2D eigenvalue weighted by Gasteiger charge is -2.15. The summed E-state index contributed by atoms with van der Waals surface area (Å²) in [7, 11) is 0. The molecule has 0 aliphatic heterocycles. The van der Waals surface area contributed by atoms with Gasteiger partial charge in [0.2, 0.25) is 0 Å². The average Bonchev–Trinajstić information content (AvgIpc) is 4.09. The van der Waals surface area contributed by atoms with Crippen molar-refractivity contribution < 1.29 is 9.60 Å². The van der Waals surface area contributed by atoms with Crippen LogP contribution in [0.1, 0.15) is 9.60 Å². The molecule has 4 heterocycles. The minimum atomic E-state index is -0.462. The highest BCUT2D eigenvalue weighted by Crippen LogP contribution is 2.44. The molecular weight excluding hydrogens is 805 g/mol. The lowest BCUT2D eigenvalue weighted by Crippen LogP contribution is -2.03. The minimum absolute atomic E-state index is 0.0681. The molecule has 0 bridgehead atoms. The topological polar surface area (TPSA) is 43.6 Å². The molecule has 0 unspecified atom stereocenters. The maximum Gasteiger partial charge on any atom is 0.166 e. The van der Waals surface area contributed by atoms with E-state index < -0.39 is 12.1 Å². The van der Waals surface area contributed by atoms with Gasteiger partial charge in [-0.3, -0.25) is 0 Å². The van der Waals surface area contributed by atoms with Crippen LogP contribution in [-0.2, 0) is 0 Å². The van der Waals surface area contributed by atoms with Crippen molar-refractivity contribution >= 4 is 84.8 Å². The van der Waals surface area contributed by atoms with Crippen LogP contribution in [0.2, 0.25) is 0 Å². The van der Waals surface area contributed by atoms with Crippen molar-refractivity contribution in [2.75, 3.05) is 0 Å². The first-order valence-electron chi connectivity index (χ1n) is 24.0. The lowest BCUT2D eigenvalue weighted by atomic mass is 9.99. The summed E-state index contributed by atoms with van der Waals surface area (Å²) in [6, 6.07) is 52.7. The van der Waals surface area contributed by atoms with Gasteiger partial charge in [0.1, 0.15) is 0 Å². The number of fused-ring (bicyclic) bond motifs is 9. The second-order valence-corrected chi connectivity index (χ2v) is 17.5. The molecule has 13 aromatic rings. The van der Waals surface area contributed by atoms with E-state index in [1.165, 1.54) is 37.4 Å². The average molecular weight is 846 g/mol. The van der Waals surface area contributed by atoms with Gasteiger partial charge in [0.05, 0.1) is 26.3 Å². The van der Waals surface area contributed by atoms with Gasteiger partial charge < -0.3 is 4.57 Å². The number of hydrogen-bond donors (Lipinski definition) is 0. The van der Waals surface area contributed by atoms with Gasteiger partial charge in [-0.25, -0.2) is 15.0 Å². The molecule has 0 fully saturated rings. The van der Waals surface area contributed by atoms with Crippen molar-refractivity contribution in [3.05, 3.63) is 206 Å². The summed E-state index contributed by atoms with van der Waals surface area (Å²) in [4.78, 5) is 15.8. The van der Waals surface area contributed by atoms with Crippen LogP contribution < -0.4 is 0 Å². The molecule has 63 heavy (non-hydrogen) atoms. The maximum atomic E-state index is 9.24. The van der Waals surface area contributed by atoms with Crippen LogP contribution in [0, 0.1) is 0 Å². The Balaban J connectivity index is 1.05. The van der Waals surface area contributed by atoms with Crippen LogP contribution in [0.15, 0.2) is 206 Å². The maximum absolute atomic E-state index is 9.24. The molecule has 13 rings (SSSR count). The lowest BCUT2D eigenvalue weighted by molar-refractivity contribution is 1.07. The monoisotopic (exact) mass is 845 g/mol. The van der Waals surface area contributed by atoms with Gasteiger partial charge in [-0.2, -0.15) is 0 Å². The second kappa shape index (κ2) is 14.4. The summed E-state index contributed by atoms with van der Waals surface area (Å²) in [6.45, 7) is 0. The Hall–Kier alpha value is -7.77. The van der Waals surface area contributed by atoms with Crippen LogP contribution >= 0.6 is 22.7 Å². The van der Waals surface area contributed by atoms with Crippen molar-refractivity contribution in [1.29, 1.82) is 0 Å². The van der Waals surface area contributed by atoms with E-state index in [9.17, 15) is 2.74 Å². The van der Waals surface area contributed by atoms with E-state index in [2.05, 4.69) is 91.0 Å². The Bertz CT molecular complexity index is 4350. The molecule has 0 spiro atoms. The zero-order valence-electron chi connectivity index (χ0n) is 40.2. The highest BCUT2D eigenvalue weighted by molar-refractivity contribution is 7.26. The number of rotatable bonds is 6. The molecule has 4 nitrogen and oxygen atoms in total. The number of aromatic nitrogens is 4. The highest BCUT2D eigenvalue weighted by atomic mass is 32.1. The third kappa shape index (κ3) is 5.83. The predicted octanol–water partition coefficient (Wildman–Crippen LogP) is 16.0. The molecular formula is C57H34N4S2. The SMILES string of the molecule is [2H]c1cc([2H])c2c(c1[2H])c1c([2H])c([2H])c([2H])c([2H])c1n2-c1ccccc1-c1nc(-c2cccc(-c3cccc4c3sc3ccc(-c5ccccc5)cc34)c2)nc(-c2cccc3sc4ccccc4c23)n1. The van der Waals surface area contributed by atoms with Crippen LogP contribution in [0.5, 0.6) is 0 Å².